The van der Waals surface area contributed by atoms with Crippen molar-refractivity contribution in [3.63, 3.8) is 0 Å². The van der Waals surface area contributed by atoms with Gasteiger partial charge < -0.3 is 53.9 Å². The third-order valence-corrected chi connectivity index (χ3v) is 3.83. The van der Waals surface area contributed by atoms with Crippen molar-refractivity contribution < 1.29 is 62.7 Å². The lowest BCUT2D eigenvalue weighted by atomic mass is 8.97. The molecule has 1 atom stereocenters. The molecule has 0 amide bonds. The smallest absolute Gasteiger partial charge is 0.413 e. The predicted octanol–water partition coefficient (Wildman–Crippen LogP) is -4.67. The average Bonchev–Trinajstić information content (AvgIpc) is 3.86. The van der Waals surface area contributed by atoms with Crippen LogP contribution >= 0.6 is 0 Å². The second-order valence-electron chi connectivity index (χ2n) is 8.37. The second kappa shape index (κ2) is 78.1. The first-order valence-electron chi connectivity index (χ1n) is 15.6. The SMILES string of the molecule is C1OCC2CON=C12.C=CCO.C=CCOC/C=N/O.C=CCOCC(=O)OC.C=CCOCC=O.COC(=O)C=[N+]=[N-].[B].[B]B([B])[B].[B][B].[B][B]B([B])[B].[B][B][B]. The normalized spacial score (nSPS) is 10.8. The van der Waals surface area contributed by atoms with Crippen LogP contribution in [-0.2, 0) is 47.6 Å². The van der Waals surface area contributed by atoms with Gasteiger partial charge in [-0.25, -0.2) is 9.59 Å². The molecule has 58 heavy (non-hydrogen) atoms. The summed E-state index contributed by atoms with van der Waals surface area (Å²) in [6.45, 7) is 17.6. The maximum atomic E-state index is 10.3. The second-order valence-corrected chi connectivity index (χ2v) is 8.37. The van der Waals surface area contributed by atoms with Crippen LogP contribution in [0.3, 0.4) is 0 Å². The molecular formula is C27H44B15N4O12. The number of methoxy groups -OCH3 is 2. The van der Waals surface area contributed by atoms with Gasteiger partial charge in [-0.3, -0.25) is 0 Å². The lowest BCUT2D eigenvalue weighted by molar-refractivity contribution is -0.145. The minimum Gasteiger partial charge on any atom is -0.467 e. The molecule has 16 nitrogen and oxygen atoms in total. The van der Waals surface area contributed by atoms with Crippen LogP contribution in [0, 0.1) is 5.92 Å². The van der Waals surface area contributed by atoms with E-state index in [1.165, 1.54) is 33.6 Å². The van der Waals surface area contributed by atoms with Gasteiger partial charge >= 0.3 is 18.2 Å². The van der Waals surface area contributed by atoms with Crippen molar-refractivity contribution in [1.29, 1.82) is 0 Å². The summed E-state index contributed by atoms with van der Waals surface area (Å²) in [4.78, 5) is 36.9. The molecule has 2 N–H and O–H groups in total. The minimum atomic E-state index is -0.667. The quantitative estimate of drug-likeness (QED) is 0.0153. The van der Waals surface area contributed by atoms with Crippen LogP contribution in [0.15, 0.2) is 60.9 Å². The zero-order valence-corrected chi connectivity index (χ0v) is 33.4. The van der Waals surface area contributed by atoms with Crippen molar-refractivity contribution in [3.05, 3.63) is 56.2 Å². The van der Waals surface area contributed by atoms with Gasteiger partial charge in [0.1, 0.15) is 26.1 Å². The molecule has 0 aromatic heterocycles. The number of hydrogen-bond acceptors (Lipinski definition) is 14. The first kappa shape index (κ1) is 75.5. The summed E-state index contributed by atoms with van der Waals surface area (Å²) in [5.74, 6) is -0.547. The third kappa shape index (κ3) is 105. The highest BCUT2D eigenvalue weighted by molar-refractivity contribution is 7.60. The summed E-state index contributed by atoms with van der Waals surface area (Å²) in [5, 5.41) is 22.1. The van der Waals surface area contributed by atoms with Gasteiger partial charge in [0.05, 0.1) is 78.3 Å². The standard InChI is InChI=1S/C6H10O3.C5H7NO2.C5H9NO2.C5H8O2.C3H4N2O2.C3H6O.B5.B4.B3.B2.B/c1-3-4-9-5-6(7)8-2;1-4-2-8-6-5(4)3-7-1;1-2-4-8-5-3-6-7;1-2-4-7-5-3-6;1-7-3(6)2-5-4;1-2-3-4;1-4-5(2)3;1-4(2)3;1-3-2;1-2;/h3H,1,4-5H2,2H3;4H,1-3H2;2-3,7H,1,4-5H2;2-3H,1,4-5H2;2H,1H3;2,4H,1,3H2;;;;;/b;;6-3+;;;;;;;;. The van der Waals surface area contributed by atoms with E-state index in [9.17, 15) is 14.4 Å². The van der Waals surface area contributed by atoms with E-state index in [1.807, 2.05) is 0 Å². The maximum Gasteiger partial charge on any atom is 0.413 e. The van der Waals surface area contributed by atoms with Crippen LogP contribution < -0.4 is 0 Å². The van der Waals surface area contributed by atoms with E-state index in [4.69, 9.17) is 58.1 Å². The number of nitrogens with zero attached hydrogens (tertiary/aromatic N) is 4. The Labute approximate surface area is 363 Å². The van der Waals surface area contributed by atoms with Crippen molar-refractivity contribution in [3.8, 4) is 0 Å². The Morgan fingerprint density at radius 1 is 0.931 bits per heavy atom. The molecule has 25 radical (unpaired) electrons. The van der Waals surface area contributed by atoms with E-state index in [-0.39, 0.29) is 34.2 Å². The van der Waals surface area contributed by atoms with E-state index in [0.717, 1.165) is 26.0 Å². The molecule has 2 aliphatic heterocycles. The predicted molar refractivity (Wildman–Crippen MR) is 244 cm³/mol. The minimum absolute atomic E-state index is 0. The number of aldehydes is 1. The van der Waals surface area contributed by atoms with E-state index in [0.29, 0.717) is 51.5 Å². The van der Waals surface area contributed by atoms with Crippen LogP contribution in [-0.4, -0.2) is 244 Å². The number of esters is 2. The van der Waals surface area contributed by atoms with Crippen LogP contribution in [0.2, 0.25) is 0 Å². The van der Waals surface area contributed by atoms with Gasteiger partial charge in [0.15, 0.2) is 0 Å². The topological polar surface area (TPSA) is 217 Å². The van der Waals surface area contributed by atoms with Crippen LogP contribution in [0.5, 0.6) is 0 Å². The highest BCUT2D eigenvalue weighted by Crippen LogP contribution is 2.16. The molecule has 0 spiro atoms. The monoisotopic (exact) mass is 781 g/mol. The molecule has 0 bridgehead atoms. The molecule has 31 heteroatoms. The zero-order valence-electron chi connectivity index (χ0n) is 33.4. The molecule has 1 unspecified atom stereocenters. The van der Waals surface area contributed by atoms with Crippen molar-refractivity contribution in [2.75, 3.05) is 80.3 Å². The first-order valence-corrected chi connectivity index (χ1v) is 15.6. The summed E-state index contributed by atoms with van der Waals surface area (Å²) in [6, 6.07) is 0. The number of ether oxygens (including phenoxy) is 6. The van der Waals surface area contributed by atoms with Gasteiger partial charge in [-0.2, -0.15) is 4.79 Å². The molecular weight excluding hydrogens is 734 g/mol. The zero-order chi connectivity index (χ0) is 46.0. The molecule has 2 aliphatic rings. The Morgan fingerprint density at radius 3 is 1.69 bits per heavy atom. The fourth-order valence-corrected chi connectivity index (χ4v) is 1.80. The molecule has 1 fully saturated rings. The number of carbonyl (C=O) groups is 3. The lowest BCUT2D eigenvalue weighted by Crippen LogP contribution is -2.23. The van der Waals surface area contributed by atoms with Crippen molar-refractivity contribution in [1.82, 2.24) is 0 Å². The van der Waals surface area contributed by atoms with Gasteiger partial charge in [-0.15, -0.1) is 26.3 Å². The van der Waals surface area contributed by atoms with Crippen molar-refractivity contribution >= 4 is 149 Å². The van der Waals surface area contributed by atoms with E-state index >= 15 is 0 Å². The van der Waals surface area contributed by atoms with Crippen LogP contribution in [0.25, 0.3) is 5.53 Å². The number of aliphatic hydroxyl groups is 1. The molecule has 0 aliphatic carbocycles. The number of hydrogen-bond donors (Lipinski definition) is 2. The molecule has 0 saturated carbocycles. The Morgan fingerprint density at radius 2 is 1.38 bits per heavy atom. The largest absolute Gasteiger partial charge is 0.467 e. The average molecular weight is 779 g/mol. The molecule has 1 saturated heterocycles. The third-order valence-electron chi connectivity index (χ3n) is 3.83. The first-order chi connectivity index (χ1) is 27.2. The fourth-order valence-electron chi connectivity index (χ4n) is 1.80. The number of fused-ring (bicyclic) bond motifs is 1. The Kier molecular flexibility index (Phi) is 102. The van der Waals surface area contributed by atoms with Gasteiger partial charge in [0.2, 0.25) is 0 Å². The Balaban J connectivity index is -0.0000000672. The Bertz CT molecular complexity index is 999. The van der Waals surface area contributed by atoms with E-state index in [2.05, 4.69) is 110 Å². The Hall–Kier alpha value is -3.34. The molecule has 0 aromatic rings. The molecule has 2 heterocycles. The van der Waals surface area contributed by atoms with Crippen molar-refractivity contribution in [2.45, 2.75) is 0 Å². The van der Waals surface area contributed by atoms with Gasteiger partial charge in [0, 0.05) is 113 Å². The number of rotatable bonds is 15. The van der Waals surface area contributed by atoms with Crippen LogP contribution in [0.4, 0.5) is 0 Å². The van der Waals surface area contributed by atoms with E-state index < -0.39 is 18.7 Å². The summed E-state index contributed by atoms with van der Waals surface area (Å²) in [7, 11) is 50.3. The molecule has 2 rings (SSSR count). The van der Waals surface area contributed by atoms with Crippen molar-refractivity contribution in [2.24, 2.45) is 16.2 Å². The number of aliphatic hydroxyl groups excluding tert-OH is 1. The lowest BCUT2D eigenvalue weighted by Gasteiger charge is -1.96. The number of carbonyl (C=O) groups excluding carboxylic acids is 3. The van der Waals surface area contributed by atoms with Gasteiger partial charge in [0.25, 0.3) is 0 Å². The van der Waals surface area contributed by atoms with E-state index in [1.54, 1.807) is 18.2 Å². The highest BCUT2D eigenvalue weighted by Gasteiger charge is 2.28. The fraction of sp³-hybridized carbons (Fsp3) is 0.481. The van der Waals surface area contributed by atoms with Crippen LogP contribution in [0.1, 0.15) is 0 Å². The van der Waals surface area contributed by atoms with Gasteiger partial charge in [-0.05, 0) is 0 Å². The molecule has 289 valence electrons. The molecule has 0 aromatic carbocycles. The summed E-state index contributed by atoms with van der Waals surface area (Å²) in [5.41, 5.74) is 8.72. The maximum absolute atomic E-state index is 10.3. The summed E-state index contributed by atoms with van der Waals surface area (Å²) < 4.78 is 27.6. The number of oxime groups is 2. The summed E-state index contributed by atoms with van der Waals surface area (Å²) >= 11 is 0. The highest BCUT2D eigenvalue weighted by atomic mass is 16.6. The van der Waals surface area contributed by atoms with Gasteiger partial charge in [-0.1, -0.05) is 34.6 Å². The summed E-state index contributed by atoms with van der Waals surface area (Å²) in [6.07, 6.45) is 7.75.